The third-order valence-electron chi connectivity index (χ3n) is 2.01. The number of aryl methyl sites for hydroxylation is 1. The number of aromatic nitrogens is 3. The van der Waals surface area contributed by atoms with Gasteiger partial charge in [-0.2, -0.15) is 0 Å². The van der Waals surface area contributed by atoms with Crippen molar-refractivity contribution in [3.05, 3.63) is 36.0 Å². The van der Waals surface area contributed by atoms with E-state index in [1.165, 1.54) is 6.42 Å². The van der Waals surface area contributed by atoms with Crippen LogP contribution in [-0.2, 0) is 7.05 Å². The molecule has 1 aromatic heterocycles. The zero-order valence-electron chi connectivity index (χ0n) is 10.8. The molecule has 2 aromatic rings. The Bertz CT molecular complexity index is 520. The number of carboxylic acid groups (broad SMARTS) is 1. The van der Waals surface area contributed by atoms with E-state index in [0.717, 1.165) is 5.56 Å². The number of benzene rings is 1. The molecule has 0 aliphatic heterocycles. The van der Waals surface area contributed by atoms with Crippen LogP contribution in [0.25, 0.3) is 11.3 Å². The fourth-order valence-corrected chi connectivity index (χ4v) is 1.29. The zero-order chi connectivity index (χ0) is 13.5. The third-order valence-corrected chi connectivity index (χ3v) is 2.01. The molecule has 18 heavy (non-hydrogen) atoms. The summed E-state index contributed by atoms with van der Waals surface area (Å²) < 4.78 is 1.57. The van der Waals surface area contributed by atoms with Gasteiger partial charge in [0.15, 0.2) is 0 Å². The number of hydrogen-bond donors (Lipinski definition) is 1. The van der Waals surface area contributed by atoms with E-state index in [1.54, 1.807) is 42.2 Å². The second-order valence-corrected chi connectivity index (χ2v) is 3.87. The highest BCUT2D eigenvalue weighted by molar-refractivity contribution is 5.89. The van der Waals surface area contributed by atoms with Gasteiger partial charge >= 0.3 is 5.97 Å². The minimum atomic E-state index is -0.944. The Morgan fingerprint density at radius 2 is 2.06 bits per heavy atom. The van der Waals surface area contributed by atoms with E-state index in [2.05, 4.69) is 24.2 Å². The minimum absolute atomic E-state index is 0.248. The lowest BCUT2D eigenvalue weighted by Crippen LogP contribution is -1.95. The van der Waals surface area contributed by atoms with Crippen molar-refractivity contribution >= 4 is 5.97 Å². The highest BCUT2D eigenvalue weighted by Crippen LogP contribution is 2.17. The van der Waals surface area contributed by atoms with E-state index in [1.807, 2.05) is 0 Å². The molecule has 1 N–H and O–H groups in total. The van der Waals surface area contributed by atoms with Crippen LogP contribution < -0.4 is 0 Å². The Morgan fingerprint density at radius 3 is 2.56 bits per heavy atom. The lowest BCUT2D eigenvalue weighted by atomic mass is 10.1. The van der Waals surface area contributed by atoms with E-state index in [4.69, 9.17) is 5.11 Å². The zero-order valence-corrected chi connectivity index (χ0v) is 10.8. The SMILES string of the molecule is CCC.Cn1cc(-c2cccc(C(=O)O)c2)nn1. The predicted molar refractivity (Wildman–Crippen MR) is 69.4 cm³/mol. The van der Waals surface area contributed by atoms with Crippen LogP contribution in [0.15, 0.2) is 30.5 Å². The summed E-state index contributed by atoms with van der Waals surface area (Å²) in [5.41, 5.74) is 1.67. The minimum Gasteiger partial charge on any atom is -0.478 e. The summed E-state index contributed by atoms with van der Waals surface area (Å²) in [6.45, 7) is 4.25. The standard InChI is InChI=1S/C10H9N3O2.C3H8/c1-13-6-9(11-12-13)7-3-2-4-8(5-7)10(14)15;1-3-2/h2-6H,1H3,(H,14,15);3H2,1-2H3. The van der Waals surface area contributed by atoms with Crippen LogP contribution in [0.1, 0.15) is 30.6 Å². The van der Waals surface area contributed by atoms with Crippen molar-refractivity contribution in [2.75, 3.05) is 0 Å². The highest BCUT2D eigenvalue weighted by Gasteiger charge is 2.06. The second-order valence-electron chi connectivity index (χ2n) is 3.87. The number of nitrogens with zero attached hydrogens (tertiary/aromatic N) is 3. The molecule has 0 atom stereocenters. The normalized spacial score (nSPS) is 9.50. The van der Waals surface area contributed by atoms with Crippen molar-refractivity contribution in [3.8, 4) is 11.3 Å². The Kier molecular flexibility index (Phi) is 5.05. The lowest BCUT2D eigenvalue weighted by molar-refractivity contribution is 0.0697. The van der Waals surface area contributed by atoms with Crippen LogP contribution >= 0.6 is 0 Å². The summed E-state index contributed by atoms with van der Waals surface area (Å²) in [7, 11) is 1.76. The van der Waals surface area contributed by atoms with Gasteiger partial charge in [0.25, 0.3) is 0 Å². The maximum atomic E-state index is 10.7. The van der Waals surface area contributed by atoms with Crippen molar-refractivity contribution in [2.24, 2.45) is 7.05 Å². The predicted octanol–water partition coefficient (Wildman–Crippen LogP) is 2.60. The summed E-state index contributed by atoms with van der Waals surface area (Å²) in [4.78, 5) is 10.7. The molecule has 0 saturated heterocycles. The fraction of sp³-hybridized carbons (Fsp3) is 0.308. The molecule has 0 spiro atoms. The molecule has 0 fully saturated rings. The van der Waals surface area contributed by atoms with Gasteiger partial charge in [0.1, 0.15) is 5.69 Å². The van der Waals surface area contributed by atoms with E-state index in [9.17, 15) is 4.79 Å². The average Bonchev–Trinajstić information content (AvgIpc) is 2.77. The second kappa shape index (κ2) is 6.54. The first-order chi connectivity index (χ1) is 8.58. The van der Waals surface area contributed by atoms with Crippen LogP contribution in [0.2, 0.25) is 0 Å². The molecule has 0 aliphatic carbocycles. The molecule has 96 valence electrons. The molecule has 0 radical (unpaired) electrons. The fourth-order valence-electron chi connectivity index (χ4n) is 1.29. The Hall–Kier alpha value is -2.17. The molecular formula is C13H17N3O2. The molecule has 5 nitrogen and oxygen atoms in total. The maximum absolute atomic E-state index is 10.7. The van der Waals surface area contributed by atoms with Crippen LogP contribution in [0.3, 0.4) is 0 Å². The smallest absolute Gasteiger partial charge is 0.335 e. The van der Waals surface area contributed by atoms with Crippen molar-refractivity contribution in [3.63, 3.8) is 0 Å². The van der Waals surface area contributed by atoms with Gasteiger partial charge in [0, 0.05) is 12.6 Å². The molecule has 0 aliphatic rings. The summed E-state index contributed by atoms with van der Waals surface area (Å²) >= 11 is 0. The molecule has 5 heteroatoms. The van der Waals surface area contributed by atoms with Gasteiger partial charge in [-0.3, -0.25) is 4.68 Å². The Morgan fingerprint density at radius 1 is 1.39 bits per heavy atom. The van der Waals surface area contributed by atoms with Gasteiger partial charge in [0.2, 0.25) is 0 Å². The van der Waals surface area contributed by atoms with Gasteiger partial charge in [-0.1, -0.05) is 37.6 Å². The number of rotatable bonds is 2. The average molecular weight is 247 g/mol. The summed E-state index contributed by atoms with van der Waals surface area (Å²) in [5, 5.41) is 16.5. The van der Waals surface area contributed by atoms with E-state index in [0.29, 0.717) is 5.69 Å². The molecule has 0 bridgehead atoms. The van der Waals surface area contributed by atoms with Gasteiger partial charge in [-0.25, -0.2) is 4.79 Å². The first-order valence-electron chi connectivity index (χ1n) is 5.78. The van der Waals surface area contributed by atoms with Crippen LogP contribution in [0.4, 0.5) is 0 Å². The molecule has 1 heterocycles. The van der Waals surface area contributed by atoms with Crippen LogP contribution in [-0.4, -0.2) is 26.1 Å². The summed E-state index contributed by atoms with van der Waals surface area (Å²) in [5.74, 6) is -0.944. The highest BCUT2D eigenvalue weighted by atomic mass is 16.4. The molecule has 0 amide bonds. The van der Waals surface area contributed by atoms with Gasteiger partial charge in [-0.05, 0) is 12.1 Å². The van der Waals surface area contributed by atoms with E-state index in [-0.39, 0.29) is 5.56 Å². The summed E-state index contributed by atoms with van der Waals surface area (Å²) in [6.07, 6.45) is 2.99. The largest absolute Gasteiger partial charge is 0.478 e. The van der Waals surface area contributed by atoms with Crippen LogP contribution in [0, 0.1) is 0 Å². The van der Waals surface area contributed by atoms with Gasteiger partial charge < -0.3 is 5.11 Å². The number of hydrogen-bond acceptors (Lipinski definition) is 3. The van der Waals surface area contributed by atoms with E-state index >= 15 is 0 Å². The van der Waals surface area contributed by atoms with Crippen molar-refractivity contribution in [1.82, 2.24) is 15.0 Å². The van der Waals surface area contributed by atoms with Crippen LogP contribution in [0.5, 0.6) is 0 Å². The molecular weight excluding hydrogens is 230 g/mol. The van der Waals surface area contributed by atoms with E-state index < -0.39 is 5.97 Å². The quantitative estimate of drug-likeness (QED) is 0.885. The Balaban J connectivity index is 0.000000492. The first kappa shape index (κ1) is 13.9. The summed E-state index contributed by atoms with van der Waals surface area (Å²) in [6, 6.07) is 6.61. The lowest BCUT2D eigenvalue weighted by Gasteiger charge is -1.97. The van der Waals surface area contributed by atoms with Gasteiger partial charge in [0.05, 0.1) is 11.8 Å². The Labute approximate surface area is 106 Å². The topological polar surface area (TPSA) is 68.0 Å². The molecule has 1 aromatic carbocycles. The maximum Gasteiger partial charge on any atom is 0.335 e. The van der Waals surface area contributed by atoms with Crippen molar-refractivity contribution in [1.29, 1.82) is 0 Å². The molecule has 0 saturated carbocycles. The third kappa shape index (κ3) is 3.69. The first-order valence-corrected chi connectivity index (χ1v) is 5.78. The molecule has 0 unspecified atom stereocenters. The molecule has 2 rings (SSSR count). The number of aromatic carboxylic acids is 1. The van der Waals surface area contributed by atoms with Gasteiger partial charge in [-0.15, -0.1) is 5.10 Å². The van der Waals surface area contributed by atoms with Crippen molar-refractivity contribution < 1.29 is 9.90 Å². The number of carbonyl (C=O) groups is 1. The monoisotopic (exact) mass is 247 g/mol. The number of carboxylic acids is 1. The van der Waals surface area contributed by atoms with Crippen molar-refractivity contribution in [2.45, 2.75) is 20.3 Å².